The number of hydrogen-bond acceptors (Lipinski definition) is 3. The van der Waals surface area contributed by atoms with E-state index in [4.69, 9.17) is 5.73 Å². The van der Waals surface area contributed by atoms with Gasteiger partial charge in [0.2, 0.25) is 5.91 Å². The normalized spacial score (nSPS) is 14.1. The largest absolute Gasteiger partial charge is 0.342 e. The minimum absolute atomic E-state index is 0. The summed E-state index contributed by atoms with van der Waals surface area (Å²) in [7, 11) is 1.82. The molecule has 3 nitrogen and oxygen atoms in total. The Kier molecular flexibility index (Phi) is 9.88. The van der Waals surface area contributed by atoms with E-state index in [9.17, 15) is 4.79 Å². The lowest BCUT2D eigenvalue weighted by atomic mass is 10.1. The van der Waals surface area contributed by atoms with E-state index in [2.05, 4.69) is 0 Å². The molecule has 5 heteroatoms. The fourth-order valence-electron chi connectivity index (χ4n) is 1.04. The Balaban J connectivity index is 0. The Morgan fingerprint density at radius 3 is 2.36 bits per heavy atom. The summed E-state index contributed by atoms with van der Waals surface area (Å²) in [5, 5.41) is 0. The zero-order chi connectivity index (χ0) is 10.4. The molecule has 0 aliphatic rings. The fourth-order valence-corrected chi connectivity index (χ4v) is 1.69. The molecule has 0 heterocycles. The van der Waals surface area contributed by atoms with Crippen LogP contribution in [0.1, 0.15) is 13.8 Å². The van der Waals surface area contributed by atoms with E-state index in [1.165, 1.54) is 0 Å². The molecule has 14 heavy (non-hydrogen) atoms. The maximum absolute atomic E-state index is 11.7. The molecule has 0 saturated heterocycles. The SMILES string of the molecule is CSCC(C)C(=O)N(C)C(C)CN.Cl. The molecule has 86 valence electrons. The van der Waals surface area contributed by atoms with Crippen LogP contribution in [-0.4, -0.2) is 42.4 Å². The van der Waals surface area contributed by atoms with Crippen molar-refractivity contribution < 1.29 is 4.79 Å². The minimum atomic E-state index is 0. The van der Waals surface area contributed by atoms with Crippen molar-refractivity contribution in [2.24, 2.45) is 11.7 Å². The summed E-state index contributed by atoms with van der Waals surface area (Å²) in [6, 6.07) is 0.136. The number of rotatable bonds is 5. The molecule has 0 aliphatic heterocycles. The minimum Gasteiger partial charge on any atom is -0.342 e. The molecule has 2 unspecified atom stereocenters. The van der Waals surface area contributed by atoms with Gasteiger partial charge < -0.3 is 10.6 Å². The number of hydrogen-bond donors (Lipinski definition) is 1. The van der Waals surface area contributed by atoms with Crippen LogP contribution in [0.25, 0.3) is 0 Å². The Morgan fingerprint density at radius 1 is 1.50 bits per heavy atom. The van der Waals surface area contributed by atoms with Crippen molar-refractivity contribution in [2.75, 3.05) is 25.6 Å². The molecule has 0 aromatic rings. The molecule has 0 fully saturated rings. The number of likely N-dealkylation sites (N-methyl/N-ethyl adjacent to an activating group) is 1. The summed E-state index contributed by atoms with van der Waals surface area (Å²) < 4.78 is 0. The van der Waals surface area contributed by atoms with Gasteiger partial charge in [-0.3, -0.25) is 4.79 Å². The first-order valence-corrected chi connectivity index (χ1v) is 5.89. The number of nitrogens with zero attached hydrogens (tertiary/aromatic N) is 1. The van der Waals surface area contributed by atoms with E-state index < -0.39 is 0 Å². The highest BCUT2D eigenvalue weighted by Crippen LogP contribution is 2.09. The highest BCUT2D eigenvalue weighted by molar-refractivity contribution is 7.98. The van der Waals surface area contributed by atoms with E-state index in [0.717, 1.165) is 5.75 Å². The Morgan fingerprint density at radius 2 is 2.00 bits per heavy atom. The molecule has 0 aliphatic carbocycles. The second kappa shape index (κ2) is 8.38. The highest BCUT2D eigenvalue weighted by atomic mass is 35.5. The van der Waals surface area contributed by atoms with Crippen molar-refractivity contribution in [1.29, 1.82) is 0 Å². The second-order valence-electron chi connectivity index (χ2n) is 3.39. The van der Waals surface area contributed by atoms with Crippen molar-refractivity contribution in [3.63, 3.8) is 0 Å². The zero-order valence-corrected chi connectivity index (χ0v) is 11.0. The molecule has 2 N–H and O–H groups in total. The van der Waals surface area contributed by atoms with E-state index >= 15 is 0 Å². The maximum atomic E-state index is 11.7. The summed E-state index contributed by atoms with van der Waals surface area (Å²) >= 11 is 1.70. The van der Waals surface area contributed by atoms with Crippen molar-refractivity contribution in [1.82, 2.24) is 4.90 Å². The Hall–Kier alpha value is 0.0700. The second-order valence-corrected chi connectivity index (χ2v) is 4.30. The quantitative estimate of drug-likeness (QED) is 0.786. The van der Waals surface area contributed by atoms with Crippen LogP contribution in [0.2, 0.25) is 0 Å². The van der Waals surface area contributed by atoms with Crippen LogP contribution < -0.4 is 5.73 Å². The van der Waals surface area contributed by atoms with Crippen LogP contribution in [0.5, 0.6) is 0 Å². The zero-order valence-electron chi connectivity index (χ0n) is 9.32. The van der Waals surface area contributed by atoms with E-state index in [1.807, 2.05) is 27.2 Å². The number of amides is 1. The summed E-state index contributed by atoms with van der Waals surface area (Å²) in [4.78, 5) is 13.4. The van der Waals surface area contributed by atoms with Gasteiger partial charge in [-0.05, 0) is 13.2 Å². The van der Waals surface area contributed by atoms with E-state index in [0.29, 0.717) is 6.54 Å². The molecule has 0 spiro atoms. The molecule has 2 atom stereocenters. The molecule has 0 aromatic carbocycles. The first-order chi connectivity index (χ1) is 6.04. The summed E-state index contributed by atoms with van der Waals surface area (Å²) in [5.41, 5.74) is 5.49. The number of nitrogens with two attached hydrogens (primary N) is 1. The van der Waals surface area contributed by atoms with E-state index in [1.54, 1.807) is 16.7 Å². The van der Waals surface area contributed by atoms with Crippen LogP contribution in [0.3, 0.4) is 0 Å². The van der Waals surface area contributed by atoms with Gasteiger partial charge in [0.15, 0.2) is 0 Å². The average molecular weight is 241 g/mol. The van der Waals surface area contributed by atoms with Crippen molar-refractivity contribution in [3.05, 3.63) is 0 Å². The van der Waals surface area contributed by atoms with Gasteiger partial charge in [-0.1, -0.05) is 6.92 Å². The van der Waals surface area contributed by atoms with Crippen molar-refractivity contribution >= 4 is 30.1 Å². The maximum Gasteiger partial charge on any atom is 0.226 e. The van der Waals surface area contributed by atoms with Crippen LogP contribution in [0.4, 0.5) is 0 Å². The predicted molar refractivity (Wildman–Crippen MR) is 66.1 cm³/mol. The average Bonchev–Trinajstić information content (AvgIpc) is 2.14. The van der Waals surface area contributed by atoms with Gasteiger partial charge in [0.1, 0.15) is 0 Å². The van der Waals surface area contributed by atoms with Gasteiger partial charge in [0.05, 0.1) is 0 Å². The molecule has 0 bridgehead atoms. The van der Waals surface area contributed by atoms with E-state index in [-0.39, 0.29) is 30.3 Å². The first-order valence-electron chi connectivity index (χ1n) is 4.50. The number of halogens is 1. The fraction of sp³-hybridized carbons (Fsp3) is 0.889. The highest BCUT2D eigenvalue weighted by Gasteiger charge is 2.19. The number of carbonyl (C=O) groups excluding carboxylic acids is 1. The molecular formula is C9H21ClN2OS. The van der Waals surface area contributed by atoms with Gasteiger partial charge in [-0.2, -0.15) is 11.8 Å². The predicted octanol–water partition coefficient (Wildman–Crippen LogP) is 1.21. The van der Waals surface area contributed by atoms with Crippen molar-refractivity contribution in [2.45, 2.75) is 19.9 Å². The van der Waals surface area contributed by atoms with Gasteiger partial charge >= 0.3 is 0 Å². The lowest BCUT2D eigenvalue weighted by Crippen LogP contribution is -2.42. The van der Waals surface area contributed by atoms with Crippen LogP contribution in [0, 0.1) is 5.92 Å². The first kappa shape index (κ1) is 16.5. The third kappa shape index (κ3) is 5.08. The topological polar surface area (TPSA) is 46.3 Å². The molecule has 0 rings (SSSR count). The number of carbonyl (C=O) groups is 1. The Bertz CT molecular complexity index is 169. The number of thioether (sulfide) groups is 1. The molecular weight excluding hydrogens is 220 g/mol. The third-order valence-corrected chi connectivity index (χ3v) is 3.02. The lowest BCUT2D eigenvalue weighted by molar-refractivity contribution is -0.134. The van der Waals surface area contributed by atoms with Crippen LogP contribution in [0.15, 0.2) is 0 Å². The Labute approximate surface area is 97.2 Å². The summed E-state index contributed by atoms with van der Waals surface area (Å²) in [6.07, 6.45) is 2.01. The van der Waals surface area contributed by atoms with Crippen molar-refractivity contribution in [3.8, 4) is 0 Å². The molecule has 0 radical (unpaired) electrons. The standard InChI is InChI=1S/C9H20N2OS.ClH/c1-7(6-13-4)9(12)11(3)8(2)5-10;/h7-8H,5-6,10H2,1-4H3;1H. The van der Waals surface area contributed by atoms with Crippen LogP contribution >= 0.6 is 24.2 Å². The summed E-state index contributed by atoms with van der Waals surface area (Å²) in [5.74, 6) is 1.15. The molecule has 1 amide bonds. The third-order valence-electron chi connectivity index (χ3n) is 2.19. The molecule has 0 saturated carbocycles. The van der Waals surface area contributed by atoms with Crippen LogP contribution in [-0.2, 0) is 4.79 Å². The monoisotopic (exact) mass is 240 g/mol. The van der Waals surface area contributed by atoms with Gasteiger partial charge in [0, 0.05) is 31.3 Å². The summed E-state index contributed by atoms with van der Waals surface area (Å²) in [6.45, 7) is 4.44. The van der Waals surface area contributed by atoms with Gasteiger partial charge in [-0.15, -0.1) is 12.4 Å². The molecule has 0 aromatic heterocycles. The van der Waals surface area contributed by atoms with Gasteiger partial charge in [-0.25, -0.2) is 0 Å². The smallest absolute Gasteiger partial charge is 0.226 e. The van der Waals surface area contributed by atoms with Gasteiger partial charge in [0.25, 0.3) is 0 Å². The lowest BCUT2D eigenvalue weighted by Gasteiger charge is -2.26.